The highest BCUT2D eigenvalue weighted by Crippen LogP contribution is 2.17. The highest BCUT2D eigenvalue weighted by atomic mass is 16.5. The van der Waals surface area contributed by atoms with E-state index in [2.05, 4.69) is 6.07 Å². The summed E-state index contributed by atoms with van der Waals surface area (Å²) in [5.74, 6) is -0.0446. The molecule has 0 radical (unpaired) electrons. The van der Waals surface area contributed by atoms with Crippen LogP contribution in [-0.4, -0.2) is 48.3 Å². The van der Waals surface area contributed by atoms with E-state index in [1.807, 2.05) is 18.2 Å². The van der Waals surface area contributed by atoms with E-state index in [-0.39, 0.29) is 18.6 Å². The Kier molecular flexibility index (Phi) is 4.22. The number of aliphatic hydroxyl groups is 1. The Morgan fingerprint density at radius 3 is 3.14 bits per heavy atom. The van der Waals surface area contributed by atoms with Crippen LogP contribution in [0.1, 0.15) is 12.0 Å². The predicted molar refractivity (Wildman–Crippen MR) is 77.9 cm³/mol. The highest BCUT2D eigenvalue weighted by molar-refractivity contribution is 5.78. The lowest BCUT2D eigenvalue weighted by Gasteiger charge is -2.15. The number of fused-ring (bicyclic) bond motifs is 1. The molecule has 3 rings (SSSR count). The monoisotopic (exact) mass is 289 g/mol. The minimum absolute atomic E-state index is 0.0446. The molecule has 1 aromatic heterocycles. The van der Waals surface area contributed by atoms with Gasteiger partial charge in [0.15, 0.2) is 0 Å². The lowest BCUT2D eigenvalue weighted by molar-refractivity contribution is -0.135. The molecule has 0 spiro atoms. The molecule has 1 aromatic carbocycles. The maximum atomic E-state index is 11.8. The number of carbonyl (C=O) groups excluding carboxylic acids is 1. The second-order valence-electron chi connectivity index (χ2n) is 5.38. The van der Waals surface area contributed by atoms with E-state index in [1.54, 1.807) is 11.2 Å². The van der Waals surface area contributed by atoms with Crippen LogP contribution < -0.4 is 0 Å². The van der Waals surface area contributed by atoms with Gasteiger partial charge in [-0.05, 0) is 36.6 Å². The molecular formula is C16H19NO4. The summed E-state index contributed by atoms with van der Waals surface area (Å²) < 4.78 is 10.7. The summed E-state index contributed by atoms with van der Waals surface area (Å²) in [5.41, 5.74) is 2.04. The number of nitrogens with zero attached hydrogens (tertiary/aromatic N) is 1. The number of aliphatic hydroxyl groups excluding tert-OH is 1. The molecular weight excluding hydrogens is 270 g/mol. The molecule has 1 fully saturated rings. The van der Waals surface area contributed by atoms with Crippen molar-refractivity contribution >= 4 is 16.9 Å². The Bertz CT molecular complexity index is 622. The van der Waals surface area contributed by atoms with Crippen LogP contribution in [0, 0.1) is 0 Å². The van der Waals surface area contributed by atoms with Crippen LogP contribution in [0.3, 0.4) is 0 Å². The van der Waals surface area contributed by atoms with Crippen LogP contribution >= 0.6 is 0 Å². The van der Waals surface area contributed by atoms with Gasteiger partial charge < -0.3 is 19.2 Å². The van der Waals surface area contributed by atoms with E-state index >= 15 is 0 Å². The van der Waals surface area contributed by atoms with Crippen molar-refractivity contribution in [2.45, 2.75) is 18.9 Å². The lowest BCUT2D eigenvalue weighted by atomic mass is 10.1. The SMILES string of the molecule is O=C(COCCc1ccc2occc2c1)N1CCC(O)C1. The molecule has 1 saturated heterocycles. The fraction of sp³-hybridized carbons (Fsp3) is 0.438. The fourth-order valence-corrected chi connectivity index (χ4v) is 2.58. The molecule has 5 nitrogen and oxygen atoms in total. The van der Waals surface area contributed by atoms with E-state index in [4.69, 9.17) is 9.15 Å². The van der Waals surface area contributed by atoms with Crippen LogP contribution in [0.5, 0.6) is 0 Å². The molecule has 1 unspecified atom stereocenters. The lowest BCUT2D eigenvalue weighted by Crippen LogP contribution is -2.32. The summed E-state index contributed by atoms with van der Waals surface area (Å²) in [4.78, 5) is 13.5. The van der Waals surface area contributed by atoms with Gasteiger partial charge >= 0.3 is 0 Å². The maximum Gasteiger partial charge on any atom is 0.248 e. The van der Waals surface area contributed by atoms with Crippen molar-refractivity contribution in [3.63, 3.8) is 0 Å². The summed E-state index contributed by atoms with van der Waals surface area (Å²) in [6, 6.07) is 7.96. The Labute approximate surface area is 123 Å². The second kappa shape index (κ2) is 6.28. The molecule has 0 bridgehead atoms. The van der Waals surface area contributed by atoms with E-state index in [1.165, 1.54) is 0 Å². The third-order valence-electron chi connectivity index (χ3n) is 3.79. The number of hydrogen-bond acceptors (Lipinski definition) is 4. The molecule has 1 atom stereocenters. The summed E-state index contributed by atoms with van der Waals surface area (Å²) in [6.07, 6.45) is 2.72. The normalized spacial score (nSPS) is 18.5. The number of amides is 1. The molecule has 1 aliphatic heterocycles. The molecule has 112 valence electrons. The zero-order valence-electron chi connectivity index (χ0n) is 11.8. The van der Waals surface area contributed by atoms with Gasteiger partial charge in [-0.3, -0.25) is 4.79 Å². The van der Waals surface area contributed by atoms with Crippen molar-refractivity contribution < 1.29 is 19.1 Å². The molecule has 21 heavy (non-hydrogen) atoms. The van der Waals surface area contributed by atoms with Crippen molar-refractivity contribution in [3.8, 4) is 0 Å². The van der Waals surface area contributed by atoms with Crippen LogP contribution in [0.2, 0.25) is 0 Å². The summed E-state index contributed by atoms with van der Waals surface area (Å²) in [6.45, 7) is 1.64. The molecule has 2 aromatic rings. The molecule has 0 saturated carbocycles. The number of furan rings is 1. The number of β-amino-alcohol motifs (C(OH)–C–C–N with tert-alkyl or cyclic N) is 1. The topological polar surface area (TPSA) is 62.9 Å². The van der Waals surface area contributed by atoms with Crippen molar-refractivity contribution in [1.29, 1.82) is 0 Å². The van der Waals surface area contributed by atoms with Gasteiger partial charge in [0.2, 0.25) is 5.91 Å². The van der Waals surface area contributed by atoms with Gasteiger partial charge in [0.1, 0.15) is 12.2 Å². The number of benzene rings is 1. The summed E-state index contributed by atoms with van der Waals surface area (Å²) in [5, 5.41) is 10.5. The number of likely N-dealkylation sites (tertiary alicyclic amines) is 1. The van der Waals surface area contributed by atoms with Crippen LogP contribution in [-0.2, 0) is 16.0 Å². The van der Waals surface area contributed by atoms with Crippen LogP contribution in [0.25, 0.3) is 11.0 Å². The molecule has 0 aliphatic carbocycles. The van der Waals surface area contributed by atoms with Gasteiger partial charge in [-0.1, -0.05) is 6.07 Å². The Balaban J connectivity index is 1.42. The fourth-order valence-electron chi connectivity index (χ4n) is 2.58. The highest BCUT2D eigenvalue weighted by Gasteiger charge is 2.24. The van der Waals surface area contributed by atoms with E-state index in [0.29, 0.717) is 26.1 Å². The minimum atomic E-state index is -0.379. The van der Waals surface area contributed by atoms with Gasteiger partial charge in [-0.2, -0.15) is 0 Å². The van der Waals surface area contributed by atoms with Gasteiger partial charge in [0, 0.05) is 18.5 Å². The first-order chi connectivity index (χ1) is 10.2. The summed E-state index contributed by atoms with van der Waals surface area (Å²) in [7, 11) is 0. The van der Waals surface area contributed by atoms with Gasteiger partial charge in [0.25, 0.3) is 0 Å². The predicted octanol–water partition coefficient (Wildman–Crippen LogP) is 1.59. The van der Waals surface area contributed by atoms with Crippen molar-refractivity contribution in [2.24, 2.45) is 0 Å². The van der Waals surface area contributed by atoms with Gasteiger partial charge in [0.05, 0.1) is 19.0 Å². The third kappa shape index (κ3) is 3.43. The molecule has 1 amide bonds. The van der Waals surface area contributed by atoms with Crippen LogP contribution in [0.15, 0.2) is 34.9 Å². The number of rotatable bonds is 5. The second-order valence-corrected chi connectivity index (χ2v) is 5.38. The standard InChI is InChI=1S/C16H19NO4/c18-14-3-6-17(10-14)16(19)11-20-7-4-12-1-2-15-13(9-12)5-8-21-15/h1-2,5,8-9,14,18H,3-4,6-7,10-11H2. The number of ether oxygens (including phenoxy) is 1. The Morgan fingerprint density at radius 1 is 1.43 bits per heavy atom. The Morgan fingerprint density at radius 2 is 2.33 bits per heavy atom. The van der Waals surface area contributed by atoms with Crippen LogP contribution in [0.4, 0.5) is 0 Å². The first-order valence-electron chi connectivity index (χ1n) is 7.22. The van der Waals surface area contributed by atoms with Crippen molar-refractivity contribution in [2.75, 3.05) is 26.3 Å². The van der Waals surface area contributed by atoms with Crippen molar-refractivity contribution in [3.05, 3.63) is 36.1 Å². The number of hydrogen-bond donors (Lipinski definition) is 1. The average molecular weight is 289 g/mol. The first kappa shape index (κ1) is 14.1. The molecule has 1 N–H and O–H groups in total. The third-order valence-corrected chi connectivity index (χ3v) is 3.79. The van der Waals surface area contributed by atoms with E-state index < -0.39 is 0 Å². The first-order valence-corrected chi connectivity index (χ1v) is 7.22. The average Bonchev–Trinajstić information content (AvgIpc) is 3.11. The van der Waals surface area contributed by atoms with E-state index in [0.717, 1.165) is 23.0 Å². The van der Waals surface area contributed by atoms with E-state index in [9.17, 15) is 9.90 Å². The Hall–Kier alpha value is -1.85. The van der Waals surface area contributed by atoms with Crippen molar-refractivity contribution in [1.82, 2.24) is 4.90 Å². The van der Waals surface area contributed by atoms with Gasteiger partial charge in [-0.15, -0.1) is 0 Å². The smallest absolute Gasteiger partial charge is 0.248 e. The zero-order chi connectivity index (χ0) is 14.7. The minimum Gasteiger partial charge on any atom is -0.464 e. The zero-order valence-corrected chi connectivity index (χ0v) is 11.8. The molecule has 2 heterocycles. The van der Waals surface area contributed by atoms with Gasteiger partial charge in [-0.25, -0.2) is 0 Å². The molecule has 5 heteroatoms. The number of carbonyl (C=O) groups is 1. The largest absolute Gasteiger partial charge is 0.464 e. The molecule has 1 aliphatic rings. The quantitative estimate of drug-likeness (QED) is 0.849. The summed E-state index contributed by atoms with van der Waals surface area (Å²) >= 11 is 0. The maximum absolute atomic E-state index is 11.8.